The van der Waals surface area contributed by atoms with Crippen LogP contribution in [-0.2, 0) is 13.0 Å². The summed E-state index contributed by atoms with van der Waals surface area (Å²) in [5.74, 6) is -0.0874. The van der Waals surface area contributed by atoms with Gasteiger partial charge in [-0.1, -0.05) is 79.2 Å². The maximum atomic E-state index is 13.0. The molecule has 0 radical (unpaired) electrons. The van der Waals surface area contributed by atoms with Crippen molar-refractivity contribution in [2.24, 2.45) is 0 Å². The summed E-state index contributed by atoms with van der Waals surface area (Å²) in [4.78, 5) is 17.8. The van der Waals surface area contributed by atoms with Crippen LogP contribution in [-0.4, -0.2) is 10.9 Å². The fourth-order valence-electron chi connectivity index (χ4n) is 3.41. The molecule has 3 aromatic carbocycles. The Hall–Kier alpha value is -3.46. The number of fused-ring (bicyclic) bond motifs is 1. The second kappa shape index (κ2) is 8.27. The molecule has 0 aliphatic rings. The molecule has 1 amide bonds. The van der Waals surface area contributed by atoms with E-state index in [1.165, 1.54) is 11.1 Å². The summed E-state index contributed by atoms with van der Waals surface area (Å²) in [5.41, 5.74) is 6.87. The van der Waals surface area contributed by atoms with Gasteiger partial charge in [-0.15, -0.1) is 0 Å². The molecule has 0 spiro atoms. The number of hydrogen-bond donors (Lipinski definition) is 1. The van der Waals surface area contributed by atoms with Gasteiger partial charge in [0.15, 0.2) is 0 Å². The van der Waals surface area contributed by atoms with Crippen LogP contribution in [0.4, 0.5) is 0 Å². The van der Waals surface area contributed by atoms with Gasteiger partial charge in [0.25, 0.3) is 5.91 Å². The Morgan fingerprint density at radius 3 is 2.31 bits per heavy atom. The lowest BCUT2D eigenvalue weighted by molar-refractivity contribution is 0.0952. The maximum Gasteiger partial charge on any atom is 0.252 e. The number of carbonyl (C=O) groups is 1. The minimum Gasteiger partial charge on any atom is -0.348 e. The third-order valence-corrected chi connectivity index (χ3v) is 5.19. The first-order valence-corrected chi connectivity index (χ1v) is 9.97. The van der Waals surface area contributed by atoms with Gasteiger partial charge >= 0.3 is 0 Å². The molecule has 3 nitrogen and oxygen atoms in total. The normalized spacial score (nSPS) is 10.8. The molecule has 1 aromatic heterocycles. The van der Waals surface area contributed by atoms with Crippen molar-refractivity contribution in [3.05, 3.63) is 101 Å². The summed E-state index contributed by atoms with van der Waals surface area (Å²) in [7, 11) is 0. The average molecular weight is 380 g/mol. The van der Waals surface area contributed by atoms with Gasteiger partial charge in [-0.2, -0.15) is 0 Å². The van der Waals surface area contributed by atoms with E-state index < -0.39 is 0 Å². The fraction of sp³-hybridized carbons (Fsp3) is 0.154. The number of rotatable bonds is 5. The Morgan fingerprint density at radius 2 is 1.59 bits per heavy atom. The van der Waals surface area contributed by atoms with Crippen molar-refractivity contribution < 1.29 is 4.79 Å². The second-order valence-corrected chi connectivity index (χ2v) is 7.29. The molecule has 29 heavy (non-hydrogen) atoms. The molecule has 3 heteroatoms. The molecule has 1 heterocycles. The van der Waals surface area contributed by atoms with Crippen LogP contribution in [0.15, 0.2) is 78.9 Å². The third kappa shape index (κ3) is 4.19. The zero-order valence-electron chi connectivity index (χ0n) is 16.8. The van der Waals surface area contributed by atoms with Gasteiger partial charge in [0.1, 0.15) is 0 Å². The minimum absolute atomic E-state index is 0.0874. The average Bonchev–Trinajstić information content (AvgIpc) is 2.78. The minimum atomic E-state index is -0.0874. The van der Waals surface area contributed by atoms with Gasteiger partial charge < -0.3 is 5.32 Å². The topological polar surface area (TPSA) is 42.0 Å². The van der Waals surface area contributed by atoms with E-state index in [4.69, 9.17) is 4.98 Å². The van der Waals surface area contributed by atoms with Crippen molar-refractivity contribution >= 4 is 16.8 Å². The number of benzene rings is 3. The summed E-state index contributed by atoms with van der Waals surface area (Å²) in [5, 5.41) is 3.92. The number of amides is 1. The number of aryl methyl sites for hydroxylation is 2. The number of para-hydroxylation sites is 1. The highest BCUT2D eigenvalue weighted by Gasteiger charge is 2.14. The lowest BCUT2D eigenvalue weighted by Gasteiger charge is -2.11. The van der Waals surface area contributed by atoms with Crippen LogP contribution in [0.3, 0.4) is 0 Å². The maximum absolute atomic E-state index is 13.0. The molecule has 144 valence electrons. The van der Waals surface area contributed by atoms with Crippen LogP contribution in [0.25, 0.3) is 22.2 Å². The standard InChI is InChI=1S/C26H24N2O/c1-3-19-12-14-21(15-13-19)25-16-23(22-6-4-5-7-24(22)28-25)26(29)27-17-20-10-8-18(2)9-11-20/h4-16H,3,17H2,1-2H3,(H,27,29). The van der Waals surface area contributed by atoms with Crippen molar-refractivity contribution in [1.82, 2.24) is 10.3 Å². The zero-order chi connectivity index (χ0) is 20.2. The molecule has 4 rings (SSSR count). The van der Waals surface area contributed by atoms with E-state index in [0.717, 1.165) is 34.1 Å². The fourth-order valence-corrected chi connectivity index (χ4v) is 3.41. The summed E-state index contributed by atoms with van der Waals surface area (Å²) < 4.78 is 0. The quantitative estimate of drug-likeness (QED) is 0.482. The predicted molar refractivity (Wildman–Crippen MR) is 119 cm³/mol. The van der Waals surface area contributed by atoms with Gasteiger partial charge in [-0.05, 0) is 36.6 Å². The number of aromatic nitrogens is 1. The Morgan fingerprint density at radius 1 is 0.897 bits per heavy atom. The van der Waals surface area contributed by atoms with E-state index in [1.54, 1.807) is 0 Å². The summed E-state index contributed by atoms with van der Waals surface area (Å²) in [6.07, 6.45) is 0.998. The largest absolute Gasteiger partial charge is 0.348 e. The molecule has 1 N–H and O–H groups in total. The van der Waals surface area contributed by atoms with Crippen molar-refractivity contribution in [3.63, 3.8) is 0 Å². The highest BCUT2D eigenvalue weighted by atomic mass is 16.1. The molecular formula is C26H24N2O. The van der Waals surface area contributed by atoms with E-state index in [9.17, 15) is 4.79 Å². The number of nitrogens with zero attached hydrogens (tertiary/aromatic N) is 1. The van der Waals surface area contributed by atoms with Crippen LogP contribution in [0.5, 0.6) is 0 Å². The SMILES string of the molecule is CCc1ccc(-c2cc(C(=O)NCc3ccc(C)cc3)c3ccccc3n2)cc1. The Kier molecular flexibility index (Phi) is 5.39. The Balaban J connectivity index is 1.68. The Bertz CT molecular complexity index is 1150. The van der Waals surface area contributed by atoms with E-state index in [2.05, 4.69) is 55.6 Å². The molecule has 0 aliphatic carbocycles. The molecule has 0 atom stereocenters. The number of pyridine rings is 1. The molecule has 0 fully saturated rings. The first kappa shape index (κ1) is 18.9. The third-order valence-electron chi connectivity index (χ3n) is 5.19. The highest BCUT2D eigenvalue weighted by Crippen LogP contribution is 2.25. The van der Waals surface area contributed by atoms with Crippen LogP contribution >= 0.6 is 0 Å². The van der Waals surface area contributed by atoms with Crippen LogP contribution in [0, 0.1) is 6.92 Å². The first-order valence-electron chi connectivity index (χ1n) is 9.97. The van der Waals surface area contributed by atoms with Crippen molar-refractivity contribution in [3.8, 4) is 11.3 Å². The lowest BCUT2D eigenvalue weighted by Crippen LogP contribution is -2.23. The number of nitrogens with one attached hydrogen (secondary N) is 1. The zero-order valence-corrected chi connectivity index (χ0v) is 16.8. The van der Waals surface area contributed by atoms with E-state index in [-0.39, 0.29) is 5.91 Å². The van der Waals surface area contributed by atoms with E-state index in [0.29, 0.717) is 12.1 Å². The van der Waals surface area contributed by atoms with E-state index >= 15 is 0 Å². The smallest absolute Gasteiger partial charge is 0.252 e. The number of carbonyl (C=O) groups excluding carboxylic acids is 1. The molecule has 4 aromatic rings. The highest BCUT2D eigenvalue weighted by molar-refractivity contribution is 6.07. The van der Waals surface area contributed by atoms with E-state index in [1.807, 2.05) is 42.5 Å². The van der Waals surface area contributed by atoms with Gasteiger partial charge in [0, 0.05) is 17.5 Å². The monoisotopic (exact) mass is 380 g/mol. The van der Waals surface area contributed by atoms with Gasteiger partial charge in [0.05, 0.1) is 16.8 Å². The van der Waals surface area contributed by atoms with Crippen molar-refractivity contribution in [2.75, 3.05) is 0 Å². The molecule has 0 saturated carbocycles. The lowest BCUT2D eigenvalue weighted by atomic mass is 10.0. The van der Waals surface area contributed by atoms with Gasteiger partial charge in [-0.25, -0.2) is 4.98 Å². The molecule has 0 saturated heterocycles. The van der Waals surface area contributed by atoms with Gasteiger partial charge in [-0.3, -0.25) is 4.79 Å². The summed E-state index contributed by atoms with van der Waals surface area (Å²) in [6, 6.07) is 26.3. The van der Waals surface area contributed by atoms with Crippen LogP contribution in [0.1, 0.15) is 34.0 Å². The van der Waals surface area contributed by atoms with Crippen molar-refractivity contribution in [2.45, 2.75) is 26.8 Å². The number of hydrogen-bond acceptors (Lipinski definition) is 2. The molecule has 0 aliphatic heterocycles. The molecule has 0 bridgehead atoms. The first-order chi connectivity index (χ1) is 14.1. The summed E-state index contributed by atoms with van der Waals surface area (Å²) in [6.45, 7) is 4.69. The predicted octanol–water partition coefficient (Wildman–Crippen LogP) is 5.70. The second-order valence-electron chi connectivity index (χ2n) is 7.29. The van der Waals surface area contributed by atoms with Crippen LogP contribution < -0.4 is 5.32 Å². The van der Waals surface area contributed by atoms with Crippen molar-refractivity contribution in [1.29, 1.82) is 0 Å². The van der Waals surface area contributed by atoms with Gasteiger partial charge in [0.2, 0.25) is 0 Å². The summed E-state index contributed by atoms with van der Waals surface area (Å²) >= 11 is 0. The molecular weight excluding hydrogens is 356 g/mol. The Labute approximate surface area is 171 Å². The van der Waals surface area contributed by atoms with Crippen LogP contribution in [0.2, 0.25) is 0 Å². The molecule has 0 unspecified atom stereocenters.